The van der Waals surface area contributed by atoms with E-state index >= 15 is 0 Å². The van der Waals surface area contributed by atoms with E-state index in [0.29, 0.717) is 5.92 Å². The van der Waals surface area contributed by atoms with E-state index in [1.54, 1.807) is 0 Å². The molecule has 0 unspecified atom stereocenters. The number of hydrogen-bond acceptors (Lipinski definition) is 1. The largest absolute Gasteiger partial charge is 0.264 e. The molecule has 2 heteroatoms. The van der Waals surface area contributed by atoms with E-state index in [2.05, 4.69) is 51.3 Å². The van der Waals surface area contributed by atoms with Gasteiger partial charge in [0.25, 0.3) is 0 Å². The molecular formula is C13H26N2. The number of nitrogens with zero attached hydrogens (tertiary/aromatic N) is 2. The zero-order valence-corrected chi connectivity index (χ0v) is 11.5. The Bertz CT molecular complexity index is 290. The molecule has 0 aliphatic heterocycles. The van der Waals surface area contributed by atoms with E-state index in [1.165, 1.54) is 11.3 Å². The molecule has 15 heavy (non-hydrogen) atoms. The van der Waals surface area contributed by atoms with Crippen molar-refractivity contribution in [3.05, 3.63) is 17.5 Å². The SMILES string of the molecule is CC.Cc1c(C(C)C)cnn1C(C)(C)C. The fourth-order valence-corrected chi connectivity index (χ4v) is 1.67. The van der Waals surface area contributed by atoms with Crippen molar-refractivity contribution in [3.8, 4) is 0 Å². The van der Waals surface area contributed by atoms with Crippen molar-refractivity contribution < 1.29 is 0 Å². The third kappa shape index (κ3) is 3.37. The fourth-order valence-electron chi connectivity index (χ4n) is 1.67. The number of rotatable bonds is 1. The van der Waals surface area contributed by atoms with E-state index in [-0.39, 0.29) is 5.54 Å². The third-order valence-corrected chi connectivity index (χ3v) is 2.31. The Balaban J connectivity index is 0.000000921. The highest BCUT2D eigenvalue weighted by molar-refractivity contribution is 5.20. The van der Waals surface area contributed by atoms with Crippen molar-refractivity contribution in [1.82, 2.24) is 9.78 Å². The summed E-state index contributed by atoms with van der Waals surface area (Å²) < 4.78 is 2.10. The van der Waals surface area contributed by atoms with Crippen LogP contribution in [0.5, 0.6) is 0 Å². The van der Waals surface area contributed by atoms with E-state index in [9.17, 15) is 0 Å². The number of hydrogen-bond donors (Lipinski definition) is 0. The molecule has 2 nitrogen and oxygen atoms in total. The molecule has 1 rings (SSSR count). The summed E-state index contributed by atoms with van der Waals surface area (Å²) in [7, 11) is 0. The molecule has 88 valence electrons. The molecule has 1 heterocycles. The van der Waals surface area contributed by atoms with Crippen LogP contribution in [0.3, 0.4) is 0 Å². The molecule has 0 spiro atoms. The lowest BCUT2D eigenvalue weighted by molar-refractivity contribution is 0.347. The second kappa shape index (κ2) is 5.34. The van der Waals surface area contributed by atoms with Crippen LogP contribution in [0.1, 0.15) is 65.6 Å². The van der Waals surface area contributed by atoms with Crippen molar-refractivity contribution in [2.75, 3.05) is 0 Å². The summed E-state index contributed by atoms with van der Waals surface area (Å²) in [4.78, 5) is 0. The predicted molar refractivity (Wildman–Crippen MR) is 67.4 cm³/mol. The van der Waals surface area contributed by atoms with Crippen molar-refractivity contribution in [3.63, 3.8) is 0 Å². The Labute approximate surface area is 94.7 Å². The summed E-state index contributed by atoms with van der Waals surface area (Å²) in [5, 5.41) is 4.42. The molecule has 0 aliphatic carbocycles. The Morgan fingerprint density at radius 2 is 1.67 bits per heavy atom. The van der Waals surface area contributed by atoms with E-state index in [0.717, 1.165) is 0 Å². The van der Waals surface area contributed by atoms with E-state index in [1.807, 2.05) is 20.0 Å². The van der Waals surface area contributed by atoms with Gasteiger partial charge in [0.1, 0.15) is 0 Å². The lowest BCUT2D eigenvalue weighted by Gasteiger charge is -2.21. The van der Waals surface area contributed by atoms with Crippen molar-refractivity contribution >= 4 is 0 Å². The van der Waals surface area contributed by atoms with Crippen LogP contribution in [0.25, 0.3) is 0 Å². The van der Waals surface area contributed by atoms with Gasteiger partial charge < -0.3 is 0 Å². The Kier molecular flexibility index (Phi) is 5.06. The first kappa shape index (κ1) is 14.2. The first-order chi connectivity index (χ1) is 6.84. The second-order valence-corrected chi connectivity index (χ2v) is 4.92. The quantitative estimate of drug-likeness (QED) is 0.682. The monoisotopic (exact) mass is 210 g/mol. The topological polar surface area (TPSA) is 17.8 Å². The van der Waals surface area contributed by atoms with Crippen LogP contribution in [0.2, 0.25) is 0 Å². The average molecular weight is 210 g/mol. The Morgan fingerprint density at radius 3 is 1.87 bits per heavy atom. The lowest BCUT2D eigenvalue weighted by Crippen LogP contribution is -2.24. The minimum atomic E-state index is 0.0945. The predicted octanol–water partition coefficient (Wildman–Crippen LogP) is 4.10. The maximum atomic E-state index is 4.42. The average Bonchev–Trinajstić information content (AvgIpc) is 2.49. The molecule has 0 bridgehead atoms. The normalized spacial score (nSPS) is 11.3. The zero-order valence-electron chi connectivity index (χ0n) is 11.5. The van der Waals surface area contributed by atoms with Crippen LogP contribution in [0.4, 0.5) is 0 Å². The van der Waals surface area contributed by atoms with Gasteiger partial charge in [-0.2, -0.15) is 5.10 Å². The molecule has 0 aromatic carbocycles. The van der Waals surface area contributed by atoms with Crippen molar-refractivity contribution in [2.45, 2.75) is 66.8 Å². The van der Waals surface area contributed by atoms with Gasteiger partial charge in [-0.3, -0.25) is 4.68 Å². The van der Waals surface area contributed by atoms with Crippen molar-refractivity contribution in [1.29, 1.82) is 0 Å². The van der Waals surface area contributed by atoms with Crippen molar-refractivity contribution in [2.24, 2.45) is 0 Å². The molecule has 0 atom stereocenters. The molecule has 0 amide bonds. The molecule has 0 aliphatic rings. The highest BCUT2D eigenvalue weighted by Crippen LogP contribution is 2.23. The van der Waals surface area contributed by atoms with Crippen LogP contribution in [0, 0.1) is 6.92 Å². The summed E-state index contributed by atoms with van der Waals surface area (Å²) in [6.07, 6.45) is 1.99. The minimum absolute atomic E-state index is 0.0945. The molecule has 1 aromatic heterocycles. The van der Waals surface area contributed by atoms with Gasteiger partial charge in [-0.05, 0) is 39.2 Å². The van der Waals surface area contributed by atoms with Crippen LogP contribution in [-0.4, -0.2) is 9.78 Å². The second-order valence-electron chi connectivity index (χ2n) is 4.92. The van der Waals surface area contributed by atoms with Gasteiger partial charge in [0.05, 0.1) is 11.7 Å². The summed E-state index contributed by atoms with van der Waals surface area (Å²) in [6.45, 7) is 17.1. The van der Waals surface area contributed by atoms with Crippen LogP contribution >= 0.6 is 0 Å². The van der Waals surface area contributed by atoms with Gasteiger partial charge in [-0.25, -0.2) is 0 Å². The Hall–Kier alpha value is -0.790. The maximum absolute atomic E-state index is 4.42. The highest BCUT2D eigenvalue weighted by atomic mass is 15.3. The van der Waals surface area contributed by atoms with E-state index in [4.69, 9.17) is 0 Å². The third-order valence-electron chi connectivity index (χ3n) is 2.31. The summed E-state index contributed by atoms with van der Waals surface area (Å²) in [5.74, 6) is 0.566. The summed E-state index contributed by atoms with van der Waals surface area (Å²) in [5.41, 5.74) is 2.74. The highest BCUT2D eigenvalue weighted by Gasteiger charge is 2.18. The van der Waals surface area contributed by atoms with Crippen LogP contribution in [-0.2, 0) is 5.54 Å². The van der Waals surface area contributed by atoms with Crippen LogP contribution < -0.4 is 0 Å². The van der Waals surface area contributed by atoms with Gasteiger partial charge in [0.15, 0.2) is 0 Å². The van der Waals surface area contributed by atoms with Gasteiger partial charge in [0.2, 0.25) is 0 Å². The first-order valence-corrected chi connectivity index (χ1v) is 5.89. The van der Waals surface area contributed by atoms with E-state index < -0.39 is 0 Å². The molecule has 0 fully saturated rings. The Morgan fingerprint density at radius 1 is 1.20 bits per heavy atom. The molecular weight excluding hydrogens is 184 g/mol. The van der Waals surface area contributed by atoms with Gasteiger partial charge >= 0.3 is 0 Å². The smallest absolute Gasteiger partial charge is 0.0546 e. The standard InChI is InChI=1S/C11H20N2.C2H6/c1-8(2)10-7-12-13(9(10)3)11(4,5)6;1-2/h7-8H,1-6H3;1-2H3. The summed E-state index contributed by atoms with van der Waals surface area (Å²) in [6, 6.07) is 0. The minimum Gasteiger partial charge on any atom is -0.264 e. The molecule has 0 radical (unpaired) electrons. The fraction of sp³-hybridized carbons (Fsp3) is 0.769. The number of aromatic nitrogens is 2. The van der Waals surface area contributed by atoms with Gasteiger partial charge in [-0.15, -0.1) is 0 Å². The molecule has 0 saturated carbocycles. The molecule has 0 N–H and O–H groups in total. The molecule has 0 saturated heterocycles. The van der Waals surface area contributed by atoms with Gasteiger partial charge in [0, 0.05) is 5.69 Å². The lowest BCUT2D eigenvalue weighted by atomic mass is 10.0. The zero-order chi connectivity index (χ0) is 12.2. The molecule has 1 aromatic rings. The maximum Gasteiger partial charge on any atom is 0.0546 e. The summed E-state index contributed by atoms with van der Waals surface area (Å²) >= 11 is 0. The van der Waals surface area contributed by atoms with Crippen LogP contribution in [0.15, 0.2) is 6.20 Å². The first-order valence-electron chi connectivity index (χ1n) is 5.89. The van der Waals surface area contributed by atoms with Gasteiger partial charge in [-0.1, -0.05) is 27.7 Å².